The molecule has 0 radical (unpaired) electrons. The summed E-state index contributed by atoms with van der Waals surface area (Å²) in [6, 6.07) is 14.1. The lowest BCUT2D eigenvalue weighted by molar-refractivity contribution is 0.417. The second kappa shape index (κ2) is 9.47. The summed E-state index contributed by atoms with van der Waals surface area (Å²) in [7, 11) is 1.63. The van der Waals surface area contributed by atoms with Crippen LogP contribution in [0.1, 0.15) is 18.1 Å². The minimum Gasteiger partial charge on any atom is -0.495 e. The van der Waals surface area contributed by atoms with E-state index in [2.05, 4.69) is 46.6 Å². The lowest BCUT2D eigenvalue weighted by Crippen LogP contribution is -2.23. The molecule has 3 aromatic rings. The van der Waals surface area contributed by atoms with Gasteiger partial charge in [-0.1, -0.05) is 37.3 Å². The Morgan fingerprint density at radius 2 is 1.96 bits per heavy atom. The fraction of sp³-hybridized carbons (Fsp3) is 0.250. The van der Waals surface area contributed by atoms with E-state index in [4.69, 9.17) is 10.5 Å². The normalized spacial score (nSPS) is 11.2. The average Bonchev–Trinajstić information content (AvgIpc) is 3.05. The van der Waals surface area contributed by atoms with Gasteiger partial charge < -0.3 is 20.8 Å². The van der Waals surface area contributed by atoms with Gasteiger partial charge in [0, 0.05) is 23.6 Å². The van der Waals surface area contributed by atoms with Crippen LogP contribution in [0.4, 0.5) is 5.69 Å². The van der Waals surface area contributed by atoms with Crippen molar-refractivity contribution in [2.45, 2.75) is 19.8 Å². The Balaban J connectivity index is 0.00000243. The molecule has 138 valence electrons. The molecule has 0 spiro atoms. The number of hydrogen-bond donors (Lipinski definition) is 3. The summed E-state index contributed by atoms with van der Waals surface area (Å²) < 4.78 is 5.30. The Morgan fingerprint density at radius 1 is 1.15 bits per heavy atom. The van der Waals surface area contributed by atoms with Gasteiger partial charge in [0.1, 0.15) is 5.75 Å². The molecule has 0 fully saturated rings. The second-order valence-electron chi connectivity index (χ2n) is 5.85. The van der Waals surface area contributed by atoms with Crippen LogP contribution in [0.3, 0.4) is 0 Å². The largest absolute Gasteiger partial charge is 0.495 e. The van der Waals surface area contributed by atoms with E-state index >= 15 is 0 Å². The highest BCUT2D eigenvalue weighted by Crippen LogP contribution is 2.23. The molecule has 4 N–H and O–H groups in total. The van der Waals surface area contributed by atoms with Crippen molar-refractivity contribution < 1.29 is 4.74 Å². The van der Waals surface area contributed by atoms with Crippen molar-refractivity contribution in [2.24, 2.45) is 10.7 Å². The molecule has 6 heteroatoms. The van der Waals surface area contributed by atoms with Crippen LogP contribution >= 0.6 is 24.0 Å². The van der Waals surface area contributed by atoms with Crippen LogP contribution in [0.25, 0.3) is 10.9 Å². The zero-order valence-electron chi connectivity index (χ0n) is 15.1. The van der Waals surface area contributed by atoms with E-state index in [1.54, 1.807) is 7.11 Å². The molecule has 0 saturated carbocycles. The van der Waals surface area contributed by atoms with E-state index in [-0.39, 0.29) is 24.0 Å². The maximum Gasteiger partial charge on any atom is 0.193 e. The monoisotopic (exact) mass is 464 g/mol. The Labute approximate surface area is 171 Å². The van der Waals surface area contributed by atoms with Crippen molar-refractivity contribution >= 4 is 46.5 Å². The van der Waals surface area contributed by atoms with Crippen LogP contribution < -0.4 is 15.8 Å². The molecular weight excluding hydrogens is 439 g/mol. The topological polar surface area (TPSA) is 75.4 Å². The third-order valence-electron chi connectivity index (χ3n) is 4.30. The number of benzene rings is 2. The lowest BCUT2D eigenvalue weighted by atomic mass is 10.1. The number of fused-ring (bicyclic) bond motifs is 1. The second-order valence-corrected chi connectivity index (χ2v) is 5.85. The minimum atomic E-state index is 0. The molecule has 2 aromatic carbocycles. The SMILES string of the molecule is CCc1cccc2c(CCN=C(N)Nc3ccccc3OC)c[nH]c12.I. The van der Waals surface area contributed by atoms with Gasteiger partial charge in [-0.25, -0.2) is 0 Å². The molecule has 0 amide bonds. The highest BCUT2D eigenvalue weighted by atomic mass is 127. The number of aromatic amines is 1. The Kier molecular flexibility index (Phi) is 7.32. The number of halogens is 1. The Morgan fingerprint density at radius 3 is 2.73 bits per heavy atom. The Hall–Kier alpha value is -2.22. The molecule has 0 unspecified atom stereocenters. The van der Waals surface area contributed by atoms with Gasteiger partial charge in [-0.2, -0.15) is 0 Å². The van der Waals surface area contributed by atoms with Gasteiger partial charge >= 0.3 is 0 Å². The number of ether oxygens (including phenoxy) is 1. The first kappa shape index (κ1) is 20.1. The summed E-state index contributed by atoms with van der Waals surface area (Å²) in [5, 5.41) is 4.36. The van der Waals surface area contributed by atoms with Gasteiger partial charge in [-0.05, 0) is 36.1 Å². The molecule has 0 aliphatic heterocycles. The summed E-state index contributed by atoms with van der Waals surface area (Å²) in [6.45, 7) is 2.79. The number of anilines is 1. The number of H-pyrrole nitrogens is 1. The smallest absolute Gasteiger partial charge is 0.193 e. The van der Waals surface area contributed by atoms with E-state index in [1.165, 1.54) is 22.0 Å². The number of aromatic nitrogens is 1. The van der Waals surface area contributed by atoms with Gasteiger partial charge in [0.2, 0.25) is 0 Å². The van der Waals surface area contributed by atoms with Crippen LogP contribution in [0.5, 0.6) is 5.75 Å². The first-order chi connectivity index (χ1) is 12.2. The van der Waals surface area contributed by atoms with E-state index in [9.17, 15) is 0 Å². The lowest BCUT2D eigenvalue weighted by Gasteiger charge is -2.10. The van der Waals surface area contributed by atoms with Crippen molar-refractivity contribution in [3.05, 3.63) is 59.8 Å². The molecule has 0 saturated heterocycles. The van der Waals surface area contributed by atoms with E-state index < -0.39 is 0 Å². The summed E-state index contributed by atoms with van der Waals surface area (Å²) in [4.78, 5) is 7.82. The fourth-order valence-corrected chi connectivity index (χ4v) is 3.00. The van der Waals surface area contributed by atoms with Gasteiger partial charge in [-0.3, -0.25) is 4.99 Å². The molecule has 0 atom stereocenters. The number of methoxy groups -OCH3 is 1. The molecule has 0 aliphatic rings. The first-order valence-corrected chi connectivity index (χ1v) is 8.50. The molecule has 5 nitrogen and oxygen atoms in total. The highest BCUT2D eigenvalue weighted by Gasteiger charge is 2.06. The average molecular weight is 464 g/mol. The standard InChI is InChI=1S/C20H24N4O.HI/c1-3-14-7-6-8-16-15(13-23-19(14)16)11-12-22-20(21)24-17-9-4-5-10-18(17)25-2;/h4-10,13,23H,3,11-12H2,1-2H3,(H3,21,22,24);1H. The third kappa shape index (κ3) is 4.49. The van der Waals surface area contributed by atoms with Crippen LogP contribution in [0.15, 0.2) is 53.7 Å². The van der Waals surface area contributed by atoms with Crippen molar-refractivity contribution in [1.29, 1.82) is 0 Å². The van der Waals surface area contributed by atoms with Gasteiger partial charge in [-0.15, -0.1) is 24.0 Å². The van der Waals surface area contributed by atoms with Gasteiger partial charge in [0.05, 0.1) is 12.8 Å². The predicted molar refractivity (Wildman–Crippen MR) is 120 cm³/mol. The summed E-state index contributed by atoms with van der Waals surface area (Å²) in [6.07, 6.45) is 3.93. The van der Waals surface area contributed by atoms with Crippen LogP contribution in [0, 0.1) is 0 Å². The number of aryl methyl sites for hydroxylation is 1. The molecule has 26 heavy (non-hydrogen) atoms. The third-order valence-corrected chi connectivity index (χ3v) is 4.30. The molecule has 0 aliphatic carbocycles. The van der Waals surface area contributed by atoms with Crippen LogP contribution in [-0.2, 0) is 12.8 Å². The number of nitrogens with one attached hydrogen (secondary N) is 2. The number of nitrogens with zero attached hydrogens (tertiary/aromatic N) is 1. The number of para-hydroxylation sites is 3. The molecule has 0 bridgehead atoms. The molecule has 1 aromatic heterocycles. The molecular formula is C20H25IN4O. The maximum atomic E-state index is 6.00. The molecule has 1 heterocycles. The predicted octanol–water partition coefficient (Wildman–Crippen LogP) is 4.33. The number of nitrogens with two attached hydrogens (primary N) is 1. The van der Waals surface area contributed by atoms with Gasteiger partial charge in [0.15, 0.2) is 5.96 Å². The first-order valence-electron chi connectivity index (χ1n) is 8.50. The summed E-state index contributed by atoms with van der Waals surface area (Å²) in [5.74, 6) is 1.13. The van der Waals surface area contributed by atoms with E-state index in [0.717, 1.165) is 24.3 Å². The van der Waals surface area contributed by atoms with Crippen molar-refractivity contribution in [1.82, 2.24) is 4.98 Å². The highest BCUT2D eigenvalue weighted by molar-refractivity contribution is 14.0. The van der Waals surface area contributed by atoms with Gasteiger partial charge in [0.25, 0.3) is 0 Å². The van der Waals surface area contributed by atoms with E-state index in [0.29, 0.717) is 12.5 Å². The zero-order chi connectivity index (χ0) is 17.6. The quantitative estimate of drug-likeness (QED) is 0.289. The van der Waals surface area contributed by atoms with Crippen LogP contribution in [-0.4, -0.2) is 24.6 Å². The number of rotatable bonds is 6. The Bertz CT molecular complexity index is 888. The summed E-state index contributed by atoms with van der Waals surface area (Å²) >= 11 is 0. The van der Waals surface area contributed by atoms with Crippen molar-refractivity contribution in [3.8, 4) is 5.75 Å². The molecule has 3 rings (SSSR count). The van der Waals surface area contributed by atoms with E-state index in [1.807, 2.05) is 24.3 Å². The number of aliphatic imine (C=N–C) groups is 1. The minimum absolute atomic E-state index is 0. The summed E-state index contributed by atoms with van der Waals surface area (Å²) in [5.41, 5.74) is 10.6. The number of hydrogen-bond acceptors (Lipinski definition) is 2. The van der Waals surface area contributed by atoms with Crippen LogP contribution in [0.2, 0.25) is 0 Å². The fourth-order valence-electron chi connectivity index (χ4n) is 3.00. The van der Waals surface area contributed by atoms with Crippen molar-refractivity contribution in [2.75, 3.05) is 19.0 Å². The maximum absolute atomic E-state index is 6.00. The number of guanidine groups is 1. The van der Waals surface area contributed by atoms with Crippen molar-refractivity contribution in [3.63, 3.8) is 0 Å². The zero-order valence-corrected chi connectivity index (χ0v) is 17.4.